The molecule has 3 nitrogen and oxygen atoms in total. The normalized spacial score (nSPS) is 17.8. The maximum absolute atomic E-state index is 12.9. The minimum atomic E-state index is -0.255. The number of carbonyl (C=O) groups excluding carboxylic acids is 1. The number of amides is 1. The van der Waals surface area contributed by atoms with Gasteiger partial charge < -0.3 is 0 Å². The van der Waals surface area contributed by atoms with Crippen molar-refractivity contribution in [3.05, 3.63) is 108 Å². The molecule has 1 fully saturated rings. The summed E-state index contributed by atoms with van der Waals surface area (Å²) >= 11 is 0. The molecule has 0 aromatic heterocycles. The second kappa shape index (κ2) is 7.81. The van der Waals surface area contributed by atoms with Crippen LogP contribution in [0, 0.1) is 5.92 Å². The first-order chi connectivity index (χ1) is 13.7. The van der Waals surface area contributed by atoms with Crippen LogP contribution in [0.15, 0.2) is 96.1 Å². The van der Waals surface area contributed by atoms with Crippen molar-refractivity contribution in [3.63, 3.8) is 0 Å². The fraction of sp³-hybridized carbons (Fsp3) is 0.200. The van der Waals surface area contributed by atoms with E-state index in [9.17, 15) is 4.79 Å². The molecular weight excluding hydrogens is 344 g/mol. The fourth-order valence-corrected chi connectivity index (χ4v) is 4.01. The van der Waals surface area contributed by atoms with Gasteiger partial charge in [-0.05, 0) is 30.0 Å². The highest BCUT2D eigenvalue weighted by Gasteiger charge is 2.60. The quantitative estimate of drug-likeness (QED) is 0.496. The molecule has 1 aliphatic carbocycles. The van der Waals surface area contributed by atoms with Crippen molar-refractivity contribution in [2.45, 2.75) is 25.2 Å². The van der Waals surface area contributed by atoms with Gasteiger partial charge in [-0.1, -0.05) is 91.0 Å². The average Bonchev–Trinajstić information content (AvgIpc) is 3.51. The summed E-state index contributed by atoms with van der Waals surface area (Å²) in [6, 6.07) is 30.8. The zero-order chi connectivity index (χ0) is 19.4. The average molecular weight is 368 g/mol. The van der Waals surface area contributed by atoms with Gasteiger partial charge in [0, 0.05) is 17.5 Å². The first-order valence-electron chi connectivity index (χ1n) is 9.68. The minimum absolute atomic E-state index is 0.0138. The molecular formula is C25H24N2O. The van der Waals surface area contributed by atoms with Crippen LogP contribution in [0.1, 0.15) is 30.0 Å². The van der Waals surface area contributed by atoms with Crippen LogP contribution in [0.2, 0.25) is 0 Å². The number of hydrazone groups is 1. The van der Waals surface area contributed by atoms with Crippen LogP contribution in [0.4, 0.5) is 0 Å². The molecule has 0 unspecified atom stereocenters. The highest BCUT2D eigenvalue weighted by molar-refractivity contribution is 5.89. The van der Waals surface area contributed by atoms with Crippen molar-refractivity contribution >= 4 is 11.6 Å². The van der Waals surface area contributed by atoms with E-state index in [1.54, 1.807) is 0 Å². The lowest BCUT2D eigenvalue weighted by atomic mass is 9.85. The van der Waals surface area contributed by atoms with E-state index >= 15 is 0 Å². The van der Waals surface area contributed by atoms with E-state index < -0.39 is 0 Å². The molecule has 0 aliphatic heterocycles. The Bertz CT molecular complexity index is 926. The summed E-state index contributed by atoms with van der Waals surface area (Å²) in [6.45, 7) is 1.95. The molecule has 3 heteroatoms. The summed E-state index contributed by atoms with van der Waals surface area (Å²) < 4.78 is 0. The molecule has 0 bridgehead atoms. The molecule has 0 spiro atoms. The topological polar surface area (TPSA) is 41.5 Å². The Hall–Kier alpha value is -3.20. The molecule has 28 heavy (non-hydrogen) atoms. The highest BCUT2D eigenvalue weighted by atomic mass is 16.2. The third-order valence-corrected chi connectivity index (χ3v) is 5.51. The molecule has 0 heterocycles. The van der Waals surface area contributed by atoms with Gasteiger partial charge in [-0.25, -0.2) is 5.43 Å². The molecule has 3 aromatic carbocycles. The minimum Gasteiger partial charge on any atom is -0.273 e. The van der Waals surface area contributed by atoms with E-state index in [0.717, 1.165) is 18.6 Å². The van der Waals surface area contributed by atoms with Crippen LogP contribution in [-0.2, 0) is 16.6 Å². The van der Waals surface area contributed by atoms with Crippen molar-refractivity contribution in [3.8, 4) is 0 Å². The largest absolute Gasteiger partial charge is 0.273 e. The van der Waals surface area contributed by atoms with Crippen molar-refractivity contribution in [1.82, 2.24) is 5.43 Å². The number of nitrogens with zero attached hydrogens (tertiary/aromatic N) is 1. The van der Waals surface area contributed by atoms with Crippen LogP contribution in [0.3, 0.4) is 0 Å². The molecule has 1 aliphatic rings. The van der Waals surface area contributed by atoms with Gasteiger partial charge in [-0.15, -0.1) is 0 Å². The molecule has 3 aromatic rings. The van der Waals surface area contributed by atoms with Crippen LogP contribution in [0.25, 0.3) is 0 Å². The molecule has 1 N–H and O–H groups in total. The molecule has 0 saturated heterocycles. The van der Waals surface area contributed by atoms with Crippen LogP contribution < -0.4 is 5.43 Å². The molecule has 0 radical (unpaired) electrons. The molecule has 140 valence electrons. The third kappa shape index (κ3) is 3.61. The van der Waals surface area contributed by atoms with E-state index in [-0.39, 0.29) is 17.2 Å². The predicted octanol–water partition coefficient (Wildman–Crippen LogP) is 4.73. The van der Waals surface area contributed by atoms with Crippen molar-refractivity contribution in [2.24, 2.45) is 11.0 Å². The van der Waals surface area contributed by atoms with Crippen LogP contribution >= 0.6 is 0 Å². The molecule has 1 saturated carbocycles. The third-order valence-electron chi connectivity index (χ3n) is 5.51. The molecule has 1 amide bonds. The Kier molecular flexibility index (Phi) is 5.07. The van der Waals surface area contributed by atoms with E-state index in [1.807, 2.05) is 61.5 Å². The maximum Gasteiger partial charge on any atom is 0.244 e. The lowest BCUT2D eigenvalue weighted by Gasteiger charge is -2.18. The molecule has 1 atom stereocenters. The second-order valence-electron chi connectivity index (χ2n) is 7.45. The standard InChI is InChI=1S/C25H24N2O/c1-19(17-20-11-5-2-6-12-20)26-27-24(28)23-18-25(23,21-13-7-3-8-14-21)22-15-9-4-10-16-22/h2-16,23H,17-18H2,1H3,(H,27,28)/b26-19+/t23-/m1/s1. The zero-order valence-corrected chi connectivity index (χ0v) is 16.0. The van der Waals surface area contributed by atoms with Crippen molar-refractivity contribution in [1.29, 1.82) is 0 Å². The number of benzene rings is 3. The Morgan fingerprint density at radius 2 is 1.39 bits per heavy atom. The SMILES string of the molecule is C/C(Cc1ccccc1)=N\NC(=O)[C@H]1CC1(c1ccccc1)c1ccccc1. The van der Waals surface area contributed by atoms with Gasteiger partial charge in [0.05, 0.1) is 5.92 Å². The van der Waals surface area contributed by atoms with Gasteiger partial charge in [0.15, 0.2) is 0 Å². The number of hydrogen-bond donors (Lipinski definition) is 1. The van der Waals surface area contributed by atoms with Crippen LogP contribution in [0.5, 0.6) is 0 Å². The van der Waals surface area contributed by atoms with Gasteiger partial charge >= 0.3 is 0 Å². The monoisotopic (exact) mass is 368 g/mol. The second-order valence-corrected chi connectivity index (χ2v) is 7.45. The number of carbonyl (C=O) groups is 1. The number of nitrogens with one attached hydrogen (secondary N) is 1. The Balaban J connectivity index is 1.51. The molecule has 4 rings (SSSR count). The van der Waals surface area contributed by atoms with Gasteiger partial charge in [0.1, 0.15) is 0 Å². The fourth-order valence-electron chi connectivity index (χ4n) is 4.01. The summed E-state index contributed by atoms with van der Waals surface area (Å²) in [4.78, 5) is 12.9. The Morgan fingerprint density at radius 3 is 1.93 bits per heavy atom. The van der Waals surface area contributed by atoms with E-state index in [0.29, 0.717) is 0 Å². The van der Waals surface area contributed by atoms with Gasteiger partial charge in [-0.3, -0.25) is 4.79 Å². The van der Waals surface area contributed by atoms with E-state index in [4.69, 9.17) is 0 Å². The lowest BCUT2D eigenvalue weighted by molar-refractivity contribution is -0.122. The smallest absolute Gasteiger partial charge is 0.244 e. The van der Waals surface area contributed by atoms with Crippen LogP contribution in [-0.4, -0.2) is 11.6 Å². The zero-order valence-electron chi connectivity index (χ0n) is 16.0. The van der Waals surface area contributed by atoms with E-state index in [2.05, 4.69) is 46.9 Å². The van der Waals surface area contributed by atoms with Gasteiger partial charge in [0.25, 0.3) is 0 Å². The number of rotatable bonds is 6. The Morgan fingerprint density at radius 1 is 0.893 bits per heavy atom. The lowest BCUT2D eigenvalue weighted by Crippen LogP contribution is -2.26. The van der Waals surface area contributed by atoms with Gasteiger partial charge in [0.2, 0.25) is 5.91 Å². The van der Waals surface area contributed by atoms with Crippen molar-refractivity contribution < 1.29 is 4.79 Å². The summed E-state index contributed by atoms with van der Waals surface area (Å²) in [5.74, 6) is -0.120. The predicted molar refractivity (Wildman–Crippen MR) is 113 cm³/mol. The first kappa shape index (κ1) is 18.2. The maximum atomic E-state index is 12.9. The highest BCUT2D eigenvalue weighted by Crippen LogP contribution is 2.58. The summed E-state index contributed by atoms with van der Waals surface area (Å²) in [6.07, 6.45) is 1.54. The summed E-state index contributed by atoms with van der Waals surface area (Å²) in [7, 11) is 0. The van der Waals surface area contributed by atoms with E-state index in [1.165, 1.54) is 16.7 Å². The summed E-state index contributed by atoms with van der Waals surface area (Å²) in [5.41, 5.74) is 7.01. The summed E-state index contributed by atoms with van der Waals surface area (Å²) in [5, 5.41) is 4.35. The first-order valence-corrected chi connectivity index (χ1v) is 9.68. The Labute approximate surface area is 166 Å². The number of hydrogen-bond acceptors (Lipinski definition) is 2. The van der Waals surface area contributed by atoms with Gasteiger partial charge in [-0.2, -0.15) is 5.10 Å². The van der Waals surface area contributed by atoms with Crippen molar-refractivity contribution in [2.75, 3.05) is 0 Å².